The van der Waals surface area contributed by atoms with Crippen LogP contribution in [0, 0.1) is 6.92 Å². The number of anilines is 1. The van der Waals surface area contributed by atoms with Gasteiger partial charge in [0.2, 0.25) is 5.91 Å². The topological polar surface area (TPSA) is 63.1 Å². The van der Waals surface area contributed by atoms with Crippen LogP contribution < -0.4 is 5.32 Å². The van der Waals surface area contributed by atoms with E-state index in [0.717, 1.165) is 36.7 Å². The van der Waals surface area contributed by atoms with Crippen molar-refractivity contribution in [2.45, 2.75) is 37.9 Å². The molecule has 2 heterocycles. The molecular weight excluding hydrogens is 465 g/mol. The summed E-state index contributed by atoms with van der Waals surface area (Å²) in [5.74, 6) is 0.838. The summed E-state index contributed by atoms with van der Waals surface area (Å²) in [7, 11) is 0. The third-order valence-electron chi connectivity index (χ3n) is 5.41. The Morgan fingerprint density at radius 1 is 1.06 bits per heavy atom. The molecule has 3 aromatic rings. The number of nitrogens with one attached hydrogen (secondary N) is 1. The molecule has 0 saturated carbocycles. The number of carbonyl (C=O) groups is 1. The predicted molar refractivity (Wildman–Crippen MR) is 131 cm³/mol. The number of hydrogen-bond donors (Lipinski definition) is 1. The van der Waals surface area contributed by atoms with E-state index >= 15 is 0 Å². The van der Waals surface area contributed by atoms with Crippen molar-refractivity contribution >= 4 is 46.6 Å². The molecule has 0 bridgehead atoms. The largest absolute Gasteiger partial charge is 0.323 e. The Bertz CT molecular complexity index is 1080. The molecule has 9 heteroatoms. The lowest BCUT2D eigenvalue weighted by Gasteiger charge is -2.26. The van der Waals surface area contributed by atoms with E-state index in [1.165, 1.54) is 31.0 Å². The lowest BCUT2D eigenvalue weighted by molar-refractivity contribution is -0.113. The summed E-state index contributed by atoms with van der Waals surface area (Å²) in [5.41, 5.74) is 2.27. The van der Waals surface area contributed by atoms with Gasteiger partial charge in [0.15, 0.2) is 11.0 Å². The highest BCUT2D eigenvalue weighted by Crippen LogP contribution is 2.33. The average Bonchev–Trinajstić information content (AvgIpc) is 3.21. The van der Waals surface area contributed by atoms with Gasteiger partial charge in [-0.2, -0.15) is 0 Å². The lowest BCUT2D eigenvalue weighted by atomic mass is 10.1. The minimum atomic E-state index is -0.204. The number of aryl methyl sites for hydroxylation is 1. The third-order valence-corrected chi connectivity index (χ3v) is 7.14. The minimum absolute atomic E-state index is 0.162. The molecule has 168 valence electrons. The van der Waals surface area contributed by atoms with Crippen molar-refractivity contribution in [2.75, 3.05) is 24.2 Å². The number of piperidine rings is 1. The van der Waals surface area contributed by atoms with Crippen molar-refractivity contribution in [1.82, 2.24) is 19.7 Å². The molecule has 0 unspecified atom stereocenters. The Labute approximate surface area is 202 Å². The maximum absolute atomic E-state index is 12.7. The molecule has 0 atom stereocenters. The van der Waals surface area contributed by atoms with Crippen molar-refractivity contribution in [3.05, 3.63) is 63.9 Å². The molecule has 6 nitrogen and oxygen atoms in total. The van der Waals surface area contributed by atoms with Crippen LogP contribution in [0.25, 0.3) is 5.69 Å². The second kappa shape index (κ2) is 10.7. The Morgan fingerprint density at radius 2 is 1.81 bits per heavy atom. The number of amides is 1. The van der Waals surface area contributed by atoms with Crippen LogP contribution in [-0.4, -0.2) is 44.4 Å². The van der Waals surface area contributed by atoms with Crippen LogP contribution in [0.5, 0.6) is 0 Å². The molecule has 4 rings (SSSR count). The van der Waals surface area contributed by atoms with Gasteiger partial charge in [-0.3, -0.25) is 14.3 Å². The predicted octanol–water partition coefficient (Wildman–Crippen LogP) is 5.60. The lowest BCUT2D eigenvalue weighted by Crippen LogP contribution is -2.30. The van der Waals surface area contributed by atoms with Gasteiger partial charge in [-0.15, -0.1) is 10.2 Å². The summed E-state index contributed by atoms with van der Waals surface area (Å²) in [5, 5.41) is 13.2. The van der Waals surface area contributed by atoms with Crippen LogP contribution in [0.1, 0.15) is 30.7 Å². The molecule has 1 aliphatic rings. The summed E-state index contributed by atoms with van der Waals surface area (Å²) >= 11 is 13.9. The van der Waals surface area contributed by atoms with E-state index in [1.807, 2.05) is 47.9 Å². The molecule has 32 heavy (non-hydrogen) atoms. The highest BCUT2D eigenvalue weighted by atomic mass is 35.5. The highest BCUT2D eigenvalue weighted by molar-refractivity contribution is 7.99. The Hall–Kier alpha value is -2.06. The van der Waals surface area contributed by atoms with Crippen molar-refractivity contribution in [1.29, 1.82) is 0 Å². The van der Waals surface area contributed by atoms with Gasteiger partial charge < -0.3 is 5.32 Å². The van der Waals surface area contributed by atoms with Gasteiger partial charge in [-0.05, 0) is 56.6 Å². The molecule has 1 aromatic heterocycles. The second-order valence-electron chi connectivity index (χ2n) is 7.80. The van der Waals surface area contributed by atoms with Gasteiger partial charge in [-0.25, -0.2) is 0 Å². The number of halogens is 2. The van der Waals surface area contributed by atoms with E-state index in [9.17, 15) is 4.79 Å². The molecule has 1 aliphatic heterocycles. The maximum atomic E-state index is 12.7. The zero-order valence-electron chi connectivity index (χ0n) is 17.9. The first-order valence-corrected chi connectivity index (χ1v) is 12.4. The van der Waals surface area contributed by atoms with Crippen LogP contribution in [0.15, 0.2) is 47.6 Å². The van der Waals surface area contributed by atoms with E-state index in [-0.39, 0.29) is 11.7 Å². The normalized spacial score (nSPS) is 14.5. The van der Waals surface area contributed by atoms with Gasteiger partial charge in [0.25, 0.3) is 0 Å². The van der Waals surface area contributed by atoms with Gasteiger partial charge in [0, 0.05) is 5.69 Å². The van der Waals surface area contributed by atoms with Gasteiger partial charge >= 0.3 is 0 Å². The Kier molecular flexibility index (Phi) is 7.73. The second-order valence-corrected chi connectivity index (χ2v) is 9.52. The fourth-order valence-corrected chi connectivity index (χ4v) is 4.96. The molecule has 1 saturated heterocycles. The van der Waals surface area contributed by atoms with E-state index < -0.39 is 0 Å². The van der Waals surface area contributed by atoms with Crippen molar-refractivity contribution in [3.8, 4) is 5.69 Å². The summed E-state index contributed by atoms with van der Waals surface area (Å²) in [6.07, 6.45) is 3.71. The summed E-state index contributed by atoms with van der Waals surface area (Å²) in [6.45, 7) is 4.76. The molecule has 0 radical (unpaired) electrons. The van der Waals surface area contributed by atoms with Gasteiger partial charge in [0.05, 0.1) is 28.0 Å². The quantitative estimate of drug-likeness (QED) is 0.437. The molecule has 1 N–H and O–H groups in total. The van der Waals surface area contributed by atoms with Crippen molar-refractivity contribution in [3.63, 3.8) is 0 Å². The van der Waals surface area contributed by atoms with Crippen LogP contribution in [-0.2, 0) is 11.3 Å². The highest BCUT2D eigenvalue weighted by Gasteiger charge is 2.20. The zero-order chi connectivity index (χ0) is 22.5. The molecule has 0 aliphatic carbocycles. The first-order chi connectivity index (χ1) is 15.5. The maximum Gasteiger partial charge on any atom is 0.234 e. The fourth-order valence-electron chi connectivity index (χ4n) is 3.73. The van der Waals surface area contributed by atoms with Crippen LogP contribution in [0.4, 0.5) is 5.69 Å². The van der Waals surface area contributed by atoms with E-state index in [4.69, 9.17) is 23.2 Å². The minimum Gasteiger partial charge on any atom is -0.323 e. The van der Waals surface area contributed by atoms with Gasteiger partial charge in [-0.1, -0.05) is 65.7 Å². The number of rotatable bonds is 7. The summed E-state index contributed by atoms with van der Waals surface area (Å²) < 4.78 is 2.04. The standard InChI is InChI=1S/C23H25Cl2N5OS/c1-16-10-11-18(24)22(21(16)25)26-20(31)15-32-23-28-27-19(14-29-12-6-3-7-13-29)30(23)17-8-4-2-5-9-17/h2,4-5,8-11H,3,6-7,12-15H2,1H3,(H,26,31). The average molecular weight is 490 g/mol. The van der Waals surface area contributed by atoms with Crippen LogP contribution in [0.3, 0.4) is 0 Å². The smallest absolute Gasteiger partial charge is 0.234 e. The van der Waals surface area contributed by atoms with E-state index in [1.54, 1.807) is 6.07 Å². The molecule has 0 spiro atoms. The number of aromatic nitrogens is 3. The van der Waals surface area contributed by atoms with Crippen LogP contribution >= 0.6 is 35.0 Å². The number of para-hydroxylation sites is 1. The zero-order valence-corrected chi connectivity index (χ0v) is 20.2. The third kappa shape index (κ3) is 5.46. The number of nitrogens with zero attached hydrogens (tertiary/aromatic N) is 4. The van der Waals surface area contributed by atoms with Gasteiger partial charge in [0.1, 0.15) is 0 Å². The van der Waals surface area contributed by atoms with E-state index in [2.05, 4.69) is 20.4 Å². The SMILES string of the molecule is Cc1ccc(Cl)c(NC(=O)CSc2nnc(CN3CCCCC3)n2-c2ccccc2)c1Cl. The molecule has 1 fully saturated rings. The van der Waals surface area contributed by atoms with Crippen molar-refractivity contribution < 1.29 is 4.79 Å². The Morgan fingerprint density at radius 3 is 2.56 bits per heavy atom. The fraction of sp³-hybridized carbons (Fsp3) is 0.348. The number of hydrogen-bond acceptors (Lipinski definition) is 5. The Balaban J connectivity index is 1.51. The monoisotopic (exact) mass is 489 g/mol. The molecular formula is C23H25Cl2N5OS. The number of benzene rings is 2. The summed E-state index contributed by atoms with van der Waals surface area (Å²) in [4.78, 5) is 15.1. The van der Waals surface area contributed by atoms with Crippen LogP contribution in [0.2, 0.25) is 10.0 Å². The molecule has 2 aromatic carbocycles. The van der Waals surface area contributed by atoms with Crippen molar-refractivity contribution in [2.24, 2.45) is 0 Å². The first-order valence-electron chi connectivity index (χ1n) is 10.6. The van der Waals surface area contributed by atoms with E-state index in [0.29, 0.717) is 20.9 Å². The first kappa shape index (κ1) is 23.1. The number of thioether (sulfide) groups is 1. The summed E-state index contributed by atoms with van der Waals surface area (Å²) in [6, 6.07) is 13.6. The number of likely N-dealkylation sites (tertiary alicyclic amines) is 1. The number of carbonyl (C=O) groups excluding carboxylic acids is 1. The molecule has 1 amide bonds.